The zero-order valence-electron chi connectivity index (χ0n) is 20.3. The van der Waals surface area contributed by atoms with Crippen LogP contribution >= 0.6 is 22.9 Å². The van der Waals surface area contributed by atoms with Crippen molar-refractivity contribution in [1.82, 2.24) is 24.7 Å². The number of aromatic nitrogens is 5. The summed E-state index contributed by atoms with van der Waals surface area (Å²) in [6.07, 6.45) is 4.09. The van der Waals surface area contributed by atoms with E-state index in [-0.39, 0.29) is 12.2 Å². The van der Waals surface area contributed by atoms with Crippen molar-refractivity contribution in [2.75, 3.05) is 25.0 Å². The summed E-state index contributed by atoms with van der Waals surface area (Å²) in [5.41, 5.74) is 3.89. The average molecular weight is 528 g/mol. The molecule has 1 saturated heterocycles. The second kappa shape index (κ2) is 9.24. The van der Waals surface area contributed by atoms with Gasteiger partial charge in [0.2, 0.25) is 5.95 Å². The maximum Gasteiger partial charge on any atom is 0.228 e. The molecule has 1 aliphatic carbocycles. The number of nitrogens with zero attached hydrogens (tertiary/aromatic N) is 6. The van der Waals surface area contributed by atoms with Crippen LogP contribution in [0.5, 0.6) is 0 Å². The Bertz CT molecular complexity index is 1510. The number of hydrogen-bond acceptors (Lipinski definition) is 7. The number of morpholine rings is 1. The van der Waals surface area contributed by atoms with Crippen LogP contribution in [0.25, 0.3) is 21.6 Å². The summed E-state index contributed by atoms with van der Waals surface area (Å²) in [5, 5.41) is 7.88. The Balaban J connectivity index is 1.48. The van der Waals surface area contributed by atoms with Crippen molar-refractivity contribution in [1.29, 1.82) is 0 Å². The molecular formula is C25H27ClFN7OS. The minimum atomic E-state index is -0.416. The van der Waals surface area contributed by atoms with E-state index in [1.807, 2.05) is 10.8 Å². The van der Waals surface area contributed by atoms with Gasteiger partial charge in [-0.3, -0.25) is 10.1 Å². The van der Waals surface area contributed by atoms with Crippen LogP contribution in [-0.2, 0) is 11.3 Å². The molecule has 3 aromatic heterocycles. The lowest BCUT2D eigenvalue weighted by Gasteiger charge is -2.37. The van der Waals surface area contributed by atoms with E-state index in [4.69, 9.17) is 26.3 Å². The summed E-state index contributed by atoms with van der Waals surface area (Å²) in [5.74, 6) is 0.643. The van der Waals surface area contributed by atoms with Crippen molar-refractivity contribution in [2.24, 2.45) is 4.99 Å². The van der Waals surface area contributed by atoms with Crippen LogP contribution in [0.1, 0.15) is 50.0 Å². The molecule has 36 heavy (non-hydrogen) atoms. The van der Waals surface area contributed by atoms with Crippen LogP contribution in [0.15, 0.2) is 29.4 Å². The first-order valence-corrected chi connectivity index (χ1v) is 13.4. The predicted octanol–water partition coefficient (Wildman–Crippen LogP) is 5.07. The fourth-order valence-corrected chi connectivity index (χ4v) is 6.19. The molecule has 0 unspecified atom stereocenters. The standard InChI is InChI=1S/C25H27ClFN7OS/c1-4-34-23-22(36-25(34)28-3)21(16-8-7-15(26)9-18(16)27)30-24(31-23)33-11-13(2)35-19(12-33)17-10-29-32-20(17)14-5-6-14/h7-10,13-14,19H,4-6,11-12H2,1-3H3,(H,29,32)/b28-25+/t13-,19-/m1/s1. The molecule has 6 rings (SSSR count). The highest BCUT2D eigenvalue weighted by Gasteiger charge is 2.35. The van der Waals surface area contributed by atoms with Crippen LogP contribution in [0.2, 0.25) is 5.02 Å². The van der Waals surface area contributed by atoms with E-state index in [0.29, 0.717) is 47.8 Å². The lowest BCUT2D eigenvalue weighted by Crippen LogP contribution is -2.44. The monoisotopic (exact) mass is 527 g/mol. The largest absolute Gasteiger partial charge is 0.367 e. The maximum absolute atomic E-state index is 15.1. The molecule has 1 aromatic carbocycles. The van der Waals surface area contributed by atoms with Gasteiger partial charge in [-0.15, -0.1) is 0 Å². The van der Waals surface area contributed by atoms with Gasteiger partial charge in [0.1, 0.15) is 16.6 Å². The Kier molecular flexibility index (Phi) is 6.05. The number of fused-ring (bicyclic) bond motifs is 1. The molecule has 0 bridgehead atoms. The van der Waals surface area contributed by atoms with Gasteiger partial charge < -0.3 is 14.2 Å². The number of ether oxygens (including phenoxy) is 1. The van der Waals surface area contributed by atoms with E-state index in [9.17, 15) is 0 Å². The number of benzene rings is 1. The van der Waals surface area contributed by atoms with Gasteiger partial charge in [0.25, 0.3) is 0 Å². The SMILES string of the molecule is CCn1/c(=N\C)sc2c(-c3ccc(Cl)cc3F)nc(N3C[C@@H](C)O[C@@H](c4c[nH]nc4C4CC4)C3)nc21. The minimum absolute atomic E-state index is 0.0392. The Hall–Kier alpha value is -2.82. The number of thiazole rings is 1. The van der Waals surface area contributed by atoms with Crippen LogP contribution in [0, 0.1) is 5.82 Å². The zero-order chi connectivity index (χ0) is 25.0. The van der Waals surface area contributed by atoms with E-state index >= 15 is 4.39 Å². The van der Waals surface area contributed by atoms with Gasteiger partial charge in [0.15, 0.2) is 10.4 Å². The summed E-state index contributed by atoms with van der Waals surface area (Å²) >= 11 is 7.52. The lowest BCUT2D eigenvalue weighted by atomic mass is 10.1. The number of rotatable bonds is 5. The normalized spacial score (nSPS) is 21.0. The number of aromatic amines is 1. The zero-order valence-corrected chi connectivity index (χ0v) is 21.9. The molecule has 2 aliphatic rings. The third-order valence-corrected chi connectivity index (χ3v) is 8.17. The summed E-state index contributed by atoms with van der Waals surface area (Å²) < 4.78 is 24.3. The summed E-state index contributed by atoms with van der Waals surface area (Å²) in [6.45, 7) is 6.00. The molecule has 2 atom stereocenters. The molecule has 1 saturated carbocycles. The van der Waals surface area contributed by atoms with Crippen LogP contribution in [-0.4, -0.2) is 51.0 Å². The Morgan fingerprint density at radius 2 is 2.11 bits per heavy atom. The predicted molar refractivity (Wildman–Crippen MR) is 139 cm³/mol. The van der Waals surface area contributed by atoms with Crippen molar-refractivity contribution in [3.8, 4) is 11.3 Å². The van der Waals surface area contributed by atoms with Gasteiger partial charge in [-0.1, -0.05) is 22.9 Å². The number of nitrogens with one attached hydrogen (secondary N) is 1. The summed E-state index contributed by atoms with van der Waals surface area (Å²) in [4.78, 5) is 17.3. The van der Waals surface area contributed by atoms with E-state index < -0.39 is 5.82 Å². The molecule has 8 nitrogen and oxygen atoms in total. The average Bonchev–Trinajstić information content (AvgIpc) is 3.46. The van der Waals surface area contributed by atoms with Crippen molar-refractivity contribution >= 4 is 39.2 Å². The molecule has 2 fully saturated rings. The van der Waals surface area contributed by atoms with Gasteiger partial charge >= 0.3 is 0 Å². The fourth-order valence-electron chi connectivity index (χ4n) is 4.94. The lowest BCUT2D eigenvalue weighted by molar-refractivity contribution is -0.0182. The van der Waals surface area contributed by atoms with E-state index in [0.717, 1.165) is 26.4 Å². The Labute approximate surface area is 216 Å². The summed E-state index contributed by atoms with van der Waals surface area (Å²) in [7, 11) is 1.75. The molecule has 1 aliphatic heterocycles. The molecule has 0 spiro atoms. The highest BCUT2D eigenvalue weighted by atomic mass is 35.5. The fraction of sp³-hybridized carbons (Fsp3) is 0.440. The molecule has 11 heteroatoms. The van der Waals surface area contributed by atoms with Gasteiger partial charge in [-0.25, -0.2) is 9.37 Å². The number of H-pyrrole nitrogens is 1. The van der Waals surface area contributed by atoms with Crippen molar-refractivity contribution in [3.05, 3.63) is 51.3 Å². The number of aryl methyl sites for hydroxylation is 1. The first-order valence-electron chi connectivity index (χ1n) is 12.2. The molecule has 4 heterocycles. The third kappa shape index (κ3) is 4.10. The number of anilines is 1. The van der Waals surface area contributed by atoms with E-state index in [2.05, 4.69) is 33.9 Å². The van der Waals surface area contributed by atoms with Gasteiger partial charge in [-0.05, 0) is 44.9 Å². The quantitative estimate of drug-likeness (QED) is 0.392. The first kappa shape index (κ1) is 23.6. The molecule has 0 radical (unpaired) electrons. The van der Waals surface area contributed by atoms with Gasteiger partial charge in [0.05, 0.1) is 24.0 Å². The smallest absolute Gasteiger partial charge is 0.228 e. The highest BCUT2D eigenvalue weighted by Crippen LogP contribution is 2.43. The topological polar surface area (TPSA) is 84.2 Å². The third-order valence-electron chi connectivity index (χ3n) is 6.76. The van der Waals surface area contributed by atoms with Gasteiger partial charge in [-0.2, -0.15) is 10.1 Å². The van der Waals surface area contributed by atoms with Crippen LogP contribution < -0.4 is 9.70 Å². The van der Waals surface area contributed by atoms with Crippen LogP contribution in [0.4, 0.5) is 10.3 Å². The molecular weight excluding hydrogens is 501 g/mol. The first-order chi connectivity index (χ1) is 17.5. The Morgan fingerprint density at radius 3 is 2.83 bits per heavy atom. The maximum atomic E-state index is 15.1. The van der Waals surface area contributed by atoms with E-state index in [1.165, 1.54) is 30.2 Å². The second-order valence-corrected chi connectivity index (χ2v) is 10.8. The molecule has 1 N–H and O–H groups in total. The molecule has 4 aromatic rings. The minimum Gasteiger partial charge on any atom is -0.367 e. The summed E-state index contributed by atoms with van der Waals surface area (Å²) in [6, 6.07) is 4.69. The van der Waals surface area contributed by atoms with Crippen molar-refractivity contribution in [2.45, 2.75) is 51.4 Å². The highest BCUT2D eigenvalue weighted by molar-refractivity contribution is 7.16. The van der Waals surface area contributed by atoms with E-state index in [1.54, 1.807) is 19.2 Å². The molecule has 188 valence electrons. The van der Waals surface area contributed by atoms with Crippen LogP contribution in [0.3, 0.4) is 0 Å². The number of hydrogen-bond donors (Lipinski definition) is 1. The second-order valence-electron chi connectivity index (χ2n) is 9.34. The van der Waals surface area contributed by atoms with Gasteiger partial charge in [0, 0.05) is 48.4 Å². The number of halogens is 2. The molecule has 0 amide bonds. The Morgan fingerprint density at radius 1 is 1.28 bits per heavy atom. The van der Waals surface area contributed by atoms with Crippen molar-refractivity contribution < 1.29 is 9.13 Å². The van der Waals surface area contributed by atoms with Crippen molar-refractivity contribution in [3.63, 3.8) is 0 Å².